The molecule has 1 aliphatic heterocycles. The first-order valence-electron chi connectivity index (χ1n) is 8.81. The summed E-state index contributed by atoms with van der Waals surface area (Å²) < 4.78 is 39.9. The van der Waals surface area contributed by atoms with Gasteiger partial charge in [0.15, 0.2) is 11.5 Å². The molecule has 0 spiro atoms. The number of ether oxygens (including phenoxy) is 2. The first kappa shape index (κ1) is 21.1. The van der Waals surface area contributed by atoms with Crippen molar-refractivity contribution in [3.63, 3.8) is 0 Å². The molecule has 0 bridgehead atoms. The van der Waals surface area contributed by atoms with Crippen molar-refractivity contribution >= 4 is 39.6 Å². The van der Waals surface area contributed by atoms with Gasteiger partial charge in [-0.1, -0.05) is 17.7 Å². The normalized spacial score (nSPS) is 17.8. The lowest BCUT2D eigenvalue weighted by atomic mass is 9.82. The largest absolute Gasteiger partial charge is 0.507 e. The van der Waals surface area contributed by atoms with Crippen LogP contribution in [-0.2, 0) is 10.5 Å². The van der Waals surface area contributed by atoms with E-state index in [1.165, 1.54) is 38.5 Å². The highest BCUT2D eigenvalue weighted by molar-refractivity contribution is 7.21. The molecule has 0 radical (unpaired) electrons. The number of rotatable bonds is 4. The van der Waals surface area contributed by atoms with Gasteiger partial charge < -0.3 is 19.9 Å². The van der Waals surface area contributed by atoms with Gasteiger partial charge in [-0.05, 0) is 24.3 Å². The van der Waals surface area contributed by atoms with Crippen LogP contribution in [0.3, 0.4) is 0 Å². The molecule has 2 heterocycles. The number of carbonyl (C=O) groups is 2. The third-order valence-corrected chi connectivity index (χ3v) is 6.27. The van der Waals surface area contributed by atoms with E-state index in [2.05, 4.69) is 5.32 Å². The number of benzene rings is 2. The number of ketones is 1. The second kappa shape index (κ2) is 7.51. The van der Waals surface area contributed by atoms with Crippen LogP contribution in [0.1, 0.15) is 15.9 Å². The average Bonchev–Trinajstić information content (AvgIpc) is 3.07. The summed E-state index contributed by atoms with van der Waals surface area (Å²) in [4.78, 5) is 26.1. The van der Waals surface area contributed by atoms with E-state index in [4.69, 9.17) is 21.1 Å². The highest BCUT2D eigenvalue weighted by atomic mass is 35.5. The Bertz CT molecular complexity index is 1240. The number of aromatic hydroxyl groups is 1. The van der Waals surface area contributed by atoms with E-state index in [-0.39, 0.29) is 43.1 Å². The Morgan fingerprint density at radius 2 is 1.77 bits per heavy atom. The van der Waals surface area contributed by atoms with Crippen molar-refractivity contribution in [3.8, 4) is 28.4 Å². The average molecular weight is 466 g/mol. The summed E-state index contributed by atoms with van der Waals surface area (Å²) >= 11 is 7.11. The molecule has 1 aromatic heterocycles. The second-order valence-electron chi connectivity index (χ2n) is 6.63. The van der Waals surface area contributed by atoms with Gasteiger partial charge in [0, 0.05) is 22.8 Å². The standard InChI is InChI=1S/C21H14ClF2NO5S/c1-29-13-6-3-9(7-14(13)30-2)21(24)17(27)16-15(11-5-4-10(23)8-12(11)26)18(22)31-19(16)25-20(21)28/h3-8,26H,1-2H3,(H,25,28). The van der Waals surface area contributed by atoms with Crippen molar-refractivity contribution in [1.82, 2.24) is 0 Å². The topological polar surface area (TPSA) is 84.9 Å². The molecule has 0 fully saturated rings. The maximum absolute atomic E-state index is 16.2. The van der Waals surface area contributed by atoms with E-state index < -0.39 is 28.9 Å². The fourth-order valence-electron chi connectivity index (χ4n) is 3.44. The molecule has 0 aliphatic carbocycles. The Morgan fingerprint density at radius 3 is 2.42 bits per heavy atom. The maximum Gasteiger partial charge on any atom is 0.276 e. The minimum Gasteiger partial charge on any atom is -0.507 e. The third-order valence-electron chi connectivity index (χ3n) is 4.96. The highest BCUT2D eigenvalue weighted by Gasteiger charge is 2.54. The number of fused-ring (bicyclic) bond motifs is 1. The van der Waals surface area contributed by atoms with Crippen LogP contribution in [0.25, 0.3) is 11.1 Å². The zero-order valence-electron chi connectivity index (χ0n) is 16.1. The van der Waals surface area contributed by atoms with E-state index in [1.807, 2.05) is 0 Å². The van der Waals surface area contributed by atoms with Gasteiger partial charge >= 0.3 is 0 Å². The lowest BCUT2D eigenvalue weighted by Crippen LogP contribution is -2.47. The molecule has 1 amide bonds. The minimum atomic E-state index is -3.10. The van der Waals surface area contributed by atoms with E-state index >= 15 is 4.39 Å². The monoisotopic (exact) mass is 465 g/mol. The van der Waals surface area contributed by atoms with Crippen LogP contribution in [0, 0.1) is 5.82 Å². The van der Waals surface area contributed by atoms with Gasteiger partial charge in [0.05, 0.1) is 19.8 Å². The quantitative estimate of drug-likeness (QED) is 0.534. The molecule has 1 atom stereocenters. The summed E-state index contributed by atoms with van der Waals surface area (Å²) in [5.41, 5.74) is -3.54. The van der Waals surface area contributed by atoms with E-state index in [9.17, 15) is 19.1 Å². The van der Waals surface area contributed by atoms with Crippen molar-refractivity contribution in [2.75, 3.05) is 19.5 Å². The Hall–Kier alpha value is -3.17. The zero-order chi connectivity index (χ0) is 22.5. The van der Waals surface area contributed by atoms with Crippen LogP contribution >= 0.6 is 22.9 Å². The molecule has 2 N–H and O–H groups in total. The number of anilines is 1. The first-order chi connectivity index (χ1) is 14.7. The van der Waals surface area contributed by atoms with Crippen molar-refractivity contribution in [2.45, 2.75) is 5.67 Å². The Morgan fingerprint density at radius 1 is 1.06 bits per heavy atom. The highest BCUT2D eigenvalue weighted by Crippen LogP contribution is 2.51. The number of amides is 1. The molecule has 31 heavy (non-hydrogen) atoms. The van der Waals surface area contributed by atoms with Gasteiger partial charge in [-0.3, -0.25) is 9.59 Å². The number of phenols is 1. The predicted molar refractivity (Wildman–Crippen MR) is 112 cm³/mol. The van der Waals surface area contributed by atoms with E-state index in [1.54, 1.807) is 0 Å². The fourth-order valence-corrected chi connectivity index (χ4v) is 4.80. The van der Waals surface area contributed by atoms with Crippen LogP contribution < -0.4 is 14.8 Å². The summed E-state index contributed by atoms with van der Waals surface area (Å²) in [5.74, 6) is -3.13. The van der Waals surface area contributed by atoms with E-state index in [0.29, 0.717) is 0 Å². The number of nitrogens with one attached hydrogen (secondary N) is 1. The van der Waals surface area contributed by atoms with Gasteiger partial charge in [0.1, 0.15) is 20.9 Å². The number of halogens is 3. The first-order valence-corrected chi connectivity index (χ1v) is 10.0. The van der Waals surface area contributed by atoms with Gasteiger partial charge in [-0.2, -0.15) is 0 Å². The Balaban J connectivity index is 1.92. The number of thiophene rings is 1. The van der Waals surface area contributed by atoms with Crippen molar-refractivity contribution < 1.29 is 33.0 Å². The molecule has 2 aromatic carbocycles. The van der Waals surface area contributed by atoms with Gasteiger partial charge in [-0.15, -0.1) is 11.3 Å². The lowest BCUT2D eigenvalue weighted by molar-refractivity contribution is -0.125. The SMILES string of the molecule is COc1ccc(C2(F)C(=O)Nc3sc(Cl)c(-c4ccc(F)cc4O)c3C2=O)cc1OC. The molecule has 3 aromatic rings. The smallest absolute Gasteiger partial charge is 0.276 e. The molecular formula is C21H14ClF2NO5S. The Labute approximate surface area is 184 Å². The zero-order valence-corrected chi connectivity index (χ0v) is 17.7. The molecule has 10 heteroatoms. The molecule has 4 rings (SSSR count). The lowest BCUT2D eigenvalue weighted by Gasteiger charge is -2.28. The molecule has 1 aliphatic rings. The third kappa shape index (κ3) is 3.12. The summed E-state index contributed by atoms with van der Waals surface area (Å²) in [6.07, 6.45) is 0. The maximum atomic E-state index is 16.2. The van der Waals surface area contributed by atoms with Crippen LogP contribution in [0.4, 0.5) is 13.8 Å². The molecule has 1 unspecified atom stereocenters. The van der Waals surface area contributed by atoms with Gasteiger partial charge in [0.25, 0.3) is 11.6 Å². The van der Waals surface area contributed by atoms with Crippen molar-refractivity contribution in [1.29, 1.82) is 0 Å². The number of phenolic OH excluding ortho intramolecular Hbond substituents is 1. The second-order valence-corrected chi connectivity index (χ2v) is 8.25. The molecule has 6 nitrogen and oxygen atoms in total. The molecule has 160 valence electrons. The summed E-state index contributed by atoms with van der Waals surface area (Å²) in [5, 5.41) is 12.6. The predicted octanol–water partition coefficient (Wildman–Crippen LogP) is 4.93. The van der Waals surface area contributed by atoms with Crippen LogP contribution in [0.15, 0.2) is 36.4 Å². The molecular weight excluding hydrogens is 452 g/mol. The van der Waals surface area contributed by atoms with Crippen LogP contribution in [-0.4, -0.2) is 31.0 Å². The minimum absolute atomic E-state index is 0.00617. The number of hydrogen-bond acceptors (Lipinski definition) is 6. The summed E-state index contributed by atoms with van der Waals surface area (Å²) in [6.45, 7) is 0. The van der Waals surface area contributed by atoms with Gasteiger partial charge in [0.2, 0.25) is 5.78 Å². The number of carbonyl (C=O) groups excluding carboxylic acids is 2. The summed E-state index contributed by atoms with van der Waals surface area (Å²) in [7, 11) is 2.73. The fraction of sp³-hybridized carbons (Fsp3) is 0.143. The summed E-state index contributed by atoms with van der Waals surface area (Å²) in [6, 6.07) is 6.95. The van der Waals surface area contributed by atoms with Crippen LogP contribution in [0.2, 0.25) is 4.34 Å². The van der Waals surface area contributed by atoms with Crippen LogP contribution in [0.5, 0.6) is 17.2 Å². The van der Waals surface area contributed by atoms with Gasteiger partial charge in [-0.25, -0.2) is 8.78 Å². The number of hydrogen-bond donors (Lipinski definition) is 2. The number of alkyl halides is 1. The number of methoxy groups -OCH3 is 2. The van der Waals surface area contributed by atoms with E-state index in [0.717, 1.165) is 23.5 Å². The molecule has 0 saturated heterocycles. The van der Waals surface area contributed by atoms with Crippen molar-refractivity contribution in [3.05, 3.63) is 57.7 Å². The van der Waals surface area contributed by atoms with Crippen molar-refractivity contribution in [2.24, 2.45) is 0 Å². The Kier molecular flexibility index (Phi) is 5.10. The number of Topliss-reactive ketones (excluding diaryl/α,β-unsaturated/α-hetero) is 1. The molecule has 0 saturated carbocycles.